The van der Waals surface area contributed by atoms with Crippen molar-refractivity contribution in [1.82, 2.24) is 0 Å². The normalized spacial score (nSPS) is 20.1. The molecule has 28 heavy (non-hydrogen) atoms. The summed E-state index contributed by atoms with van der Waals surface area (Å²) >= 11 is 1.51. The third kappa shape index (κ3) is 4.51. The molecule has 0 aromatic heterocycles. The topological polar surface area (TPSA) is 44.8 Å². The zero-order valence-corrected chi connectivity index (χ0v) is 18.7. The number of esters is 1. The quantitative estimate of drug-likeness (QED) is 0.532. The van der Waals surface area contributed by atoms with E-state index in [1.807, 2.05) is 12.1 Å². The minimum atomic E-state index is -2.57. The van der Waals surface area contributed by atoms with Gasteiger partial charge in [0.15, 0.2) is 5.44 Å². The van der Waals surface area contributed by atoms with Crippen LogP contribution < -0.4 is 10.4 Å². The van der Waals surface area contributed by atoms with E-state index in [0.717, 1.165) is 0 Å². The average molecular weight is 417 g/mol. The lowest BCUT2D eigenvalue weighted by atomic mass is 10.2. The molecule has 3 rings (SSSR count). The van der Waals surface area contributed by atoms with Crippen LogP contribution in [0.2, 0.25) is 5.04 Å². The van der Waals surface area contributed by atoms with E-state index in [1.165, 1.54) is 29.1 Å². The molecule has 0 radical (unpaired) electrons. The zero-order chi connectivity index (χ0) is 20.2. The number of ether oxygens (including phenoxy) is 2. The van der Waals surface area contributed by atoms with Gasteiger partial charge < -0.3 is 13.9 Å². The monoisotopic (exact) mass is 416 g/mol. The second-order valence-corrected chi connectivity index (χ2v) is 13.5. The summed E-state index contributed by atoms with van der Waals surface area (Å²) in [6.45, 7) is 9.04. The minimum Gasteiger partial charge on any atom is -0.449 e. The molecule has 4 nitrogen and oxygen atoms in total. The van der Waals surface area contributed by atoms with Gasteiger partial charge in [-0.1, -0.05) is 93.2 Å². The van der Waals surface area contributed by atoms with Crippen molar-refractivity contribution in [3.05, 3.63) is 60.7 Å². The second kappa shape index (κ2) is 8.82. The van der Waals surface area contributed by atoms with Gasteiger partial charge in [0, 0.05) is 6.92 Å². The SMILES string of the molecule is CC(=O)O[C@@H]1CO[C@@H](CO[Si](c2ccccc2)(c2ccccc2)C(C)(C)C)S1. The van der Waals surface area contributed by atoms with Gasteiger partial charge in [0.05, 0.1) is 13.2 Å². The first-order valence-electron chi connectivity index (χ1n) is 9.52. The molecule has 0 saturated carbocycles. The Hall–Kier alpha value is -1.60. The van der Waals surface area contributed by atoms with Crippen molar-refractivity contribution < 1.29 is 18.7 Å². The first-order chi connectivity index (χ1) is 13.3. The maximum Gasteiger partial charge on any atom is 0.303 e. The summed E-state index contributed by atoms with van der Waals surface area (Å²) in [5, 5.41) is 2.41. The molecule has 1 aliphatic heterocycles. The summed E-state index contributed by atoms with van der Waals surface area (Å²) in [6.07, 6.45) is 0. The van der Waals surface area contributed by atoms with E-state index in [1.54, 1.807) is 0 Å². The van der Waals surface area contributed by atoms with Gasteiger partial charge in [0.2, 0.25) is 0 Å². The molecule has 2 atom stereocenters. The fraction of sp³-hybridized carbons (Fsp3) is 0.409. The van der Waals surface area contributed by atoms with Gasteiger partial charge in [0.1, 0.15) is 5.44 Å². The molecule has 0 unspecified atom stereocenters. The minimum absolute atomic E-state index is 0.0751. The van der Waals surface area contributed by atoms with Gasteiger partial charge in [-0.3, -0.25) is 4.79 Å². The van der Waals surface area contributed by atoms with Crippen LogP contribution >= 0.6 is 11.8 Å². The molecule has 150 valence electrons. The zero-order valence-electron chi connectivity index (χ0n) is 16.9. The number of thioether (sulfide) groups is 1. The molecule has 2 aromatic carbocycles. The highest BCUT2D eigenvalue weighted by molar-refractivity contribution is 8.00. The Bertz CT molecular complexity index is 737. The first kappa shape index (κ1) is 21.1. The van der Waals surface area contributed by atoms with Crippen LogP contribution in [0.4, 0.5) is 0 Å². The van der Waals surface area contributed by atoms with Crippen molar-refractivity contribution in [2.75, 3.05) is 13.2 Å². The number of benzene rings is 2. The number of hydrogen-bond acceptors (Lipinski definition) is 5. The molecule has 6 heteroatoms. The van der Waals surface area contributed by atoms with Crippen molar-refractivity contribution in [3.63, 3.8) is 0 Å². The third-order valence-electron chi connectivity index (χ3n) is 4.87. The van der Waals surface area contributed by atoms with Gasteiger partial charge in [-0.15, -0.1) is 0 Å². The van der Waals surface area contributed by atoms with Crippen LogP contribution in [0.15, 0.2) is 60.7 Å². The molecular formula is C22H28O4SSi. The van der Waals surface area contributed by atoms with E-state index >= 15 is 0 Å². The summed E-state index contributed by atoms with van der Waals surface area (Å²) in [4.78, 5) is 11.2. The summed E-state index contributed by atoms with van der Waals surface area (Å²) < 4.78 is 18.0. The Morgan fingerprint density at radius 2 is 1.61 bits per heavy atom. The third-order valence-corrected chi connectivity index (χ3v) is 11.0. The van der Waals surface area contributed by atoms with Crippen LogP contribution in [-0.4, -0.2) is 38.4 Å². The van der Waals surface area contributed by atoms with Crippen LogP contribution in [0.3, 0.4) is 0 Å². The van der Waals surface area contributed by atoms with Crippen molar-refractivity contribution in [2.24, 2.45) is 0 Å². The maximum atomic E-state index is 11.2. The highest BCUT2D eigenvalue weighted by Crippen LogP contribution is 2.38. The van der Waals surface area contributed by atoms with Crippen LogP contribution in [0, 0.1) is 0 Å². The van der Waals surface area contributed by atoms with Crippen molar-refractivity contribution in [1.29, 1.82) is 0 Å². The van der Waals surface area contributed by atoms with E-state index < -0.39 is 8.32 Å². The average Bonchev–Trinajstić information content (AvgIpc) is 3.09. The van der Waals surface area contributed by atoms with Gasteiger partial charge >= 0.3 is 5.97 Å². The molecule has 0 bridgehead atoms. The van der Waals surface area contributed by atoms with Gasteiger partial charge in [-0.25, -0.2) is 0 Å². The van der Waals surface area contributed by atoms with E-state index in [9.17, 15) is 4.79 Å². The molecule has 0 amide bonds. The number of carbonyl (C=O) groups excluding carboxylic acids is 1. The summed E-state index contributed by atoms with van der Waals surface area (Å²) in [6, 6.07) is 21.1. The Labute approximate surface area is 172 Å². The molecule has 0 N–H and O–H groups in total. The molecule has 2 aromatic rings. The molecule has 1 heterocycles. The lowest BCUT2D eigenvalue weighted by Crippen LogP contribution is -2.67. The Morgan fingerprint density at radius 3 is 2.07 bits per heavy atom. The first-order valence-corrected chi connectivity index (χ1v) is 12.4. The molecule has 1 fully saturated rings. The summed E-state index contributed by atoms with van der Waals surface area (Å²) in [5.74, 6) is -0.283. The van der Waals surface area contributed by atoms with Crippen LogP contribution in [0.25, 0.3) is 0 Å². The van der Waals surface area contributed by atoms with Gasteiger partial charge in [-0.2, -0.15) is 0 Å². The fourth-order valence-corrected chi connectivity index (χ4v) is 9.39. The van der Waals surface area contributed by atoms with Crippen LogP contribution in [0.1, 0.15) is 27.7 Å². The smallest absolute Gasteiger partial charge is 0.303 e. The van der Waals surface area contributed by atoms with E-state index in [4.69, 9.17) is 13.9 Å². The van der Waals surface area contributed by atoms with Crippen molar-refractivity contribution >= 4 is 36.4 Å². The number of carbonyl (C=O) groups is 1. The summed E-state index contributed by atoms with van der Waals surface area (Å²) in [7, 11) is -2.57. The molecule has 0 spiro atoms. The Balaban J connectivity index is 1.90. The predicted octanol–water partition coefficient (Wildman–Crippen LogP) is 3.54. The number of hydrogen-bond donors (Lipinski definition) is 0. The van der Waals surface area contributed by atoms with Crippen molar-refractivity contribution in [3.8, 4) is 0 Å². The molecule has 1 aliphatic rings. The van der Waals surface area contributed by atoms with Gasteiger partial charge in [0.25, 0.3) is 8.32 Å². The van der Waals surface area contributed by atoms with Crippen molar-refractivity contribution in [2.45, 2.75) is 43.6 Å². The summed E-state index contributed by atoms with van der Waals surface area (Å²) in [5.41, 5.74) is -0.406. The largest absolute Gasteiger partial charge is 0.449 e. The highest BCUT2D eigenvalue weighted by atomic mass is 32.2. The number of rotatable bonds is 6. The van der Waals surface area contributed by atoms with Gasteiger partial charge in [-0.05, 0) is 15.4 Å². The van der Waals surface area contributed by atoms with Crippen LogP contribution in [0.5, 0.6) is 0 Å². The molecule has 1 saturated heterocycles. The standard InChI is InChI=1S/C22H28O4SSi/c1-17(23)26-21-15-24-20(27-21)16-25-28(22(2,3)4,18-11-7-5-8-12-18)19-13-9-6-10-14-19/h5-14,20-21H,15-16H2,1-4H3/t20-,21+/m1/s1. The van der Waals surface area contributed by atoms with Crippen LogP contribution in [-0.2, 0) is 18.7 Å². The Morgan fingerprint density at radius 1 is 1.07 bits per heavy atom. The fourth-order valence-electron chi connectivity index (χ4n) is 3.72. The highest BCUT2D eigenvalue weighted by Gasteiger charge is 2.50. The van der Waals surface area contributed by atoms with E-state index in [2.05, 4.69) is 69.3 Å². The Kier molecular flexibility index (Phi) is 6.65. The molecular weight excluding hydrogens is 388 g/mol. The van der Waals surface area contributed by atoms with E-state index in [-0.39, 0.29) is 21.9 Å². The lowest BCUT2D eigenvalue weighted by Gasteiger charge is -2.43. The predicted molar refractivity (Wildman–Crippen MR) is 116 cm³/mol. The maximum absolute atomic E-state index is 11.2. The second-order valence-electron chi connectivity index (χ2n) is 7.91. The van der Waals surface area contributed by atoms with E-state index in [0.29, 0.717) is 13.2 Å². The lowest BCUT2D eigenvalue weighted by molar-refractivity contribution is -0.143. The molecule has 0 aliphatic carbocycles.